The van der Waals surface area contributed by atoms with Crippen LogP contribution in [0.15, 0.2) is 18.2 Å². The van der Waals surface area contributed by atoms with Crippen LogP contribution in [0.3, 0.4) is 0 Å². The van der Waals surface area contributed by atoms with Crippen molar-refractivity contribution in [1.82, 2.24) is 0 Å². The summed E-state index contributed by atoms with van der Waals surface area (Å²) in [6, 6.07) is 6.97. The van der Waals surface area contributed by atoms with Crippen molar-refractivity contribution in [3.05, 3.63) is 34.9 Å². The molecule has 3 aliphatic rings. The second-order valence-electron chi connectivity index (χ2n) is 6.39. The highest BCUT2D eigenvalue weighted by Crippen LogP contribution is 2.52. The van der Waals surface area contributed by atoms with Gasteiger partial charge in [-0.05, 0) is 53.7 Å². The van der Waals surface area contributed by atoms with Crippen molar-refractivity contribution in [2.45, 2.75) is 44.9 Å². The third-order valence-corrected chi connectivity index (χ3v) is 5.38. The number of rotatable bonds is 2. The van der Waals surface area contributed by atoms with Gasteiger partial charge in [0, 0.05) is 6.04 Å². The lowest BCUT2D eigenvalue weighted by molar-refractivity contribution is 0.134. The molecule has 0 spiro atoms. The Morgan fingerprint density at radius 1 is 1.11 bits per heavy atom. The monoisotopic (exact) mass is 243 g/mol. The maximum absolute atomic E-state index is 6.54. The summed E-state index contributed by atoms with van der Waals surface area (Å²) in [6.45, 7) is 1.55. The Morgan fingerprint density at radius 3 is 2.78 bits per heavy atom. The van der Waals surface area contributed by atoms with Gasteiger partial charge >= 0.3 is 0 Å². The molecule has 2 nitrogen and oxygen atoms in total. The van der Waals surface area contributed by atoms with Crippen molar-refractivity contribution in [2.75, 3.05) is 0 Å². The summed E-state index contributed by atoms with van der Waals surface area (Å²) < 4.78 is 5.48. The zero-order chi connectivity index (χ0) is 12.1. The molecule has 2 fully saturated rings. The summed E-state index contributed by atoms with van der Waals surface area (Å²) in [5.41, 5.74) is 10.6. The van der Waals surface area contributed by atoms with Gasteiger partial charge in [-0.25, -0.2) is 0 Å². The minimum atomic E-state index is 0.242. The molecular formula is C16H21NO. The van der Waals surface area contributed by atoms with Crippen LogP contribution in [0, 0.1) is 17.8 Å². The molecule has 0 amide bonds. The van der Waals surface area contributed by atoms with Crippen LogP contribution in [-0.2, 0) is 18.0 Å². The van der Waals surface area contributed by atoms with E-state index < -0.39 is 0 Å². The van der Waals surface area contributed by atoms with Crippen LogP contribution in [0.1, 0.15) is 48.4 Å². The van der Waals surface area contributed by atoms with E-state index in [4.69, 9.17) is 10.5 Å². The molecule has 0 saturated heterocycles. The summed E-state index contributed by atoms with van der Waals surface area (Å²) >= 11 is 0. The van der Waals surface area contributed by atoms with Gasteiger partial charge in [0.15, 0.2) is 0 Å². The number of nitrogens with two attached hydrogens (primary N) is 1. The van der Waals surface area contributed by atoms with E-state index in [0.717, 1.165) is 31.0 Å². The first-order valence-corrected chi connectivity index (χ1v) is 7.26. The minimum absolute atomic E-state index is 0.242. The molecule has 2 bridgehead atoms. The molecule has 2 N–H and O–H groups in total. The molecule has 96 valence electrons. The van der Waals surface area contributed by atoms with Crippen LogP contribution in [0.5, 0.6) is 0 Å². The van der Waals surface area contributed by atoms with Gasteiger partial charge in [0.2, 0.25) is 0 Å². The van der Waals surface area contributed by atoms with Crippen molar-refractivity contribution in [3.8, 4) is 0 Å². The summed E-state index contributed by atoms with van der Waals surface area (Å²) in [7, 11) is 0. The fourth-order valence-electron chi connectivity index (χ4n) is 4.38. The smallest absolute Gasteiger partial charge is 0.0725 e. The van der Waals surface area contributed by atoms with E-state index in [2.05, 4.69) is 18.2 Å². The van der Waals surface area contributed by atoms with Gasteiger partial charge in [0.05, 0.1) is 13.2 Å². The molecule has 1 aromatic carbocycles. The van der Waals surface area contributed by atoms with Crippen molar-refractivity contribution in [1.29, 1.82) is 0 Å². The number of hydrogen-bond donors (Lipinski definition) is 1. The molecule has 2 saturated carbocycles. The Bertz CT molecular complexity index is 470. The zero-order valence-electron chi connectivity index (χ0n) is 10.8. The van der Waals surface area contributed by atoms with E-state index >= 15 is 0 Å². The molecule has 4 rings (SSSR count). The molecule has 2 heteroatoms. The fourth-order valence-corrected chi connectivity index (χ4v) is 4.38. The third kappa shape index (κ3) is 1.63. The normalized spacial score (nSPS) is 34.8. The second-order valence-corrected chi connectivity index (χ2v) is 6.39. The quantitative estimate of drug-likeness (QED) is 0.866. The summed E-state index contributed by atoms with van der Waals surface area (Å²) in [5.74, 6) is 2.60. The van der Waals surface area contributed by atoms with E-state index in [9.17, 15) is 0 Å². The number of fused-ring (bicyclic) bond motifs is 3. The number of ether oxygens (including phenoxy) is 1. The van der Waals surface area contributed by atoms with Gasteiger partial charge in [0.25, 0.3) is 0 Å². The van der Waals surface area contributed by atoms with Crippen molar-refractivity contribution in [2.24, 2.45) is 23.5 Å². The highest BCUT2D eigenvalue weighted by Gasteiger charge is 2.42. The molecule has 1 heterocycles. The van der Waals surface area contributed by atoms with Gasteiger partial charge in [-0.1, -0.05) is 24.6 Å². The summed E-state index contributed by atoms with van der Waals surface area (Å²) in [4.78, 5) is 0. The van der Waals surface area contributed by atoms with Crippen molar-refractivity contribution >= 4 is 0 Å². The standard InChI is InChI=1S/C16H21NO/c17-16(15-6-10-1-2-11(15)5-10)12-3-4-13-8-18-9-14(13)7-12/h3-4,7,10-11,15-16H,1-2,5-6,8-9,17H2. The van der Waals surface area contributed by atoms with E-state index in [1.807, 2.05) is 0 Å². The molecule has 18 heavy (non-hydrogen) atoms. The number of benzene rings is 1. The van der Waals surface area contributed by atoms with Gasteiger partial charge in [-0.2, -0.15) is 0 Å². The number of hydrogen-bond acceptors (Lipinski definition) is 2. The van der Waals surface area contributed by atoms with E-state index in [1.165, 1.54) is 42.4 Å². The average molecular weight is 243 g/mol. The summed E-state index contributed by atoms with van der Waals surface area (Å²) in [5, 5.41) is 0. The minimum Gasteiger partial charge on any atom is -0.372 e. The Balaban J connectivity index is 1.59. The SMILES string of the molecule is NC(c1ccc2c(c1)COC2)C1CC2CCC1C2. The molecule has 2 aliphatic carbocycles. The summed E-state index contributed by atoms with van der Waals surface area (Å²) in [6.07, 6.45) is 5.66. The van der Waals surface area contributed by atoms with Gasteiger partial charge < -0.3 is 10.5 Å². The first-order chi connectivity index (χ1) is 8.81. The predicted octanol–water partition coefficient (Wildman–Crippen LogP) is 3.15. The van der Waals surface area contributed by atoms with Crippen LogP contribution >= 0.6 is 0 Å². The topological polar surface area (TPSA) is 35.2 Å². The van der Waals surface area contributed by atoms with Crippen LogP contribution < -0.4 is 5.73 Å². The molecular weight excluding hydrogens is 222 g/mol. The second kappa shape index (κ2) is 4.07. The van der Waals surface area contributed by atoms with Crippen molar-refractivity contribution < 1.29 is 4.74 Å². The Kier molecular flexibility index (Phi) is 2.49. The Morgan fingerprint density at radius 2 is 2.00 bits per heavy atom. The molecule has 4 atom stereocenters. The van der Waals surface area contributed by atoms with Crippen LogP contribution in [0.2, 0.25) is 0 Å². The van der Waals surface area contributed by atoms with Gasteiger partial charge in [0.1, 0.15) is 0 Å². The van der Waals surface area contributed by atoms with E-state index in [1.54, 1.807) is 0 Å². The Hall–Kier alpha value is -0.860. The first kappa shape index (κ1) is 11.0. The molecule has 4 unspecified atom stereocenters. The molecule has 1 aliphatic heterocycles. The lowest BCUT2D eigenvalue weighted by atomic mass is 9.80. The zero-order valence-corrected chi connectivity index (χ0v) is 10.8. The van der Waals surface area contributed by atoms with Crippen LogP contribution in [0.25, 0.3) is 0 Å². The fraction of sp³-hybridized carbons (Fsp3) is 0.625. The maximum Gasteiger partial charge on any atom is 0.0725 e. The maximum atomic E-state index is 6.54. The molecule has 0 radical (unpaired) electrons. The van der Waals surface area contributed by atoms with E-state index in [0.29, 0.717) is 0 Å². The average Bonchev–Trinajstić information content (AvgIpc) is 3.12. The Labute approximate surface area is 109 Å². The van der Waals surface area contributed by atoms with Gasteiger partial charge in [-0.15, -0.1) is 0 Å². The van der Waals surface area contributed by atoms with E-state index in [-0.39, 0.29) is 6.04 Å². The van der Waals surface area contributed by atoms with Gasteiger partial charge in [-0.3, -0.25) is 0 Å². The highest BCUT2D eigenvalue weighted by molar-refractivity contribution is 5.35. The molecule has 1 aromatic rings. The largest absolute Gasteiger partial charge is 0.372 e. The van der Waals surface area contributed by atoms with Crippen LogP contribution in [-0.4, -0.2) is 0 Å². The highest BCUT2D eigenvalue weighted by atomic mass is 16.5. The first-order valence-electron chi connectivity index (χ1n) is 7.26. The lowest BCUT2D eigenvalue weighted by Gasteiger charge is -2.28. The van der Waals surface area contributed by atoms with Crippen LogP contribution in [0.4, 0.5) is 0 Å². The third-order valence-electron chi connectivity index (χ3n) is 5.38. The van der Waals surface area contributed by atoms with Crippen molar-refractivity contribution in [3.63, 3.8) is 0 Å². The lowest BCUT2D eigenvalue weighted by Crippen LogP contribution is -2.26. The molecule has 0 aromatic heterocycles. The predicted molar refractivity (Wildman–Crippen MR) is 70.8 cm³/mol.